The molecule has 3 amide bonds. The second-order valence-electron chi connectivity index (χ2n) is 9.79. The van der Waals surface area contributed by atoms with Gasteiger partial charge in [0.05, 0.1) is 5.41 Å². The Kier molecular flexibility index (Phi) is 10.00. The summed E-state index contributed by atoms with van der Waals surface area (Å²) in [6, 6.07) is 7.36. The molecule has 0 aliphatic carbocycles. The third-order valence-corrected chi connectivity index (χ3v) is 6.64. The van der Waals surface area contributed by atoms with Gasteiger partial charge in [0.25, 0.3) is 0 Å². The second-order valence-corrected chi connectivity index (χ2v) is 10.8. The minimum Gasteiger partial charge on any atom is -0.480 e. The van der Waals surface area contributed by atoms with Crippen LogP contribution in [0.1, 0.15) is 52.5 Å². The molecule has 0 aromatic heterocycles. The van der Waals surface area contributed by atoms with Gasteiger partial charge >= 0.3 is 12.1 Å². The molecular formula is C25H37N3O6S. The van der Waals surface area contributed by atoms with Crippen LogP contribution in [0.15, 0.2) is 30.3 Å². The number of ether oxygens (including phenoxy) is 1. The smallest absolute Gasteiger partial charge is 0.410 e. The Morgan fingerprint density at radius 3 is 2.23 bits per heavy atom. The molecule has 2 rings (SSSR count). The van der Waals surface area contributed by atoms with Crippen LogP contribution in [0.5, 0.6) is 0 Å². The van der Waals surface area contributed by atoms with Crippen molar-refractivity contribution in [3.63, 3.8) is 0 Å². The number of likely N-dealkylation sites (tertiary alicyclic amines) is 1. The van der Waals surface area contributed by atoms with Crippen LogP contribution in [0, 0.1) is 0 Å². The van der Waals surface area contributed by atoms with Crippen molar-refractivity contribution in [3.8, 4) is 0 Å². The van der Waals surface area contributed by atoms with Crippen molar-refractivity contribution in [2.75, 3.05) is 25.1 Å². The molecule has 1 aromatic rings. The molecule has 2 atom stereocenters. The fourth-order valence-electron chi connectivity index (χ4n) is 3.99. The quantitative estimate of drug-likeness (QED) is 0.469. The van der Waals surface area contributed by atoms with E-state index in [-0.39, 0.29) is 12.3 Å². The van der Waals surface area contributed by atoms with E-state index in [1.807, 2.05) is 36.6 Å². The zero-order chi connectivity index (χ0) is 26.2. The Labute approximate surface area is 211 Å². The molecule has 0 radical (unpaired) electrons. The van der Waals surface area contributed by atoms with Gasteiger partial charge in [0.2, 0.25) is 11.8 Å². The number of carboxylic acids is 1. The second kappa shape index (κ2) is 12.3. The van der Waals surface area contributed by atoms with Gasteiger partial charge in [-0.05, 0) is 64.5 Å². The van der Waals surface area contributed by atoms with Crippen molar-refractivity contribution in [1.82, 2.24) is 15.5 Å². The van der Waals surface area contributed by atoms with Gasteiger partial charge in [-0.15, -0.1) is 0 Å². The number of carbonyl (C=O) groups excluding carboxylic acids is 3. The van der Waals surface area contributed by atoms with Crippen molar-refractivity contribution in [2.45, 2.75) is 70.1 Å². The molecule has 1 aromatic carbocycles. The van der Waals surface area contributed by atoms with Crippen LogP contribution in [0.4, 0.5) is 4.79 Å². The number of amides is 3. The van der Waals surface area contributed by atoms with Crippen molar-refractivity contribution in [3.05, 3.63) is 35.9 Å². The highest BCUT2D eigenvalue weighted by molar-refractivity contribution is 7.98. The van der Waals surface area contributed by atoms with Gasteiger partial charge in [0.15, 0.2) is 0 Å². The van der Waals surface area contributed by atoms with E-state index in [9.17, 15) is 24.3 Å². The fraction of sp³-hybridized carbons (Fsp3) is 0.600. The maximum absolute atomic E-state index is 13.6. The Balaban J connectivity index is 2.15. The predicted molar refractivity (Wildman–Crippen MR) is 135 cm³/mol. The van der Waals surface area contributed by atoms with Crippen LogP contribution in [0.25, 0.3) is 0 Å². The standard InChI is InChI=1S/C25H37N3O6S/c1-17(20(29)27-19(21(30)31)11-16-35-5)26-22(32)25(18-9-7-6-8-10-18)12-14-28(15-13-25)23(33)34-24(2,3)4/h6-10,17,19H,11-16H2,1-5H3,(H,26,32)(H,27,29)(H,30,31)/t17-,19-/m0/s1. The summed E-state index contributed by atoms with van der Waals surface area (Å²) in [6.45, 7) is 7.60. The van der Waals surface area contributed by atoms with Gasteiger partial charge in [0, 0.05) is 13.1 Å². The number of benzene rings is 1. The molecule has 194 valence electrons. The molecule has 1 aliphatic heterocycles. The van der Waals surface area contributed by atoms with Crippen LogP contribution in [0.2, 0.25) is 0 Å². The lowest BCUT2D eigenvalue weighted by Crippen LogP contribution is -2.57. The molecule has 35 heavy (non-hydrogen) atoms. The summed E-state index contributed by atoms with van der Waals surface area (Å²) in [5.41, 5.74) is -0.744. The van der Waals surface area contributed by atoms with Crippen LogP contribution in [-0.2, 0) is 24.5 Å². The van der Waals surface area contributed by atoms with Gasteiger partial charge in [-0.25, -0.2) is 9.59 Å². The number of hydrogen-bond donors (Lipinski definition) is 3. The minimum atomic E-state index is -1.11. The Morgan fingerprint density at radius 2 is 1.71 bits per heavy atom. The monoisotopic (exact) mass is 507 g/mol. The molecule has 1 saturated heterocycles. The zero-order valence-corrected chi connectivity index (χ0v) is 21.9. The number of hydrogen-bond acceptors (Lipinski definition) is 6. The normalized spacial score (nSPS) is 17.1. The maximum Gasteiger partial charge on any atom is 0.410 e. The third-order valence-electron chi connectivity index (χ3n) is 6.00. The number of thioether (sulfide) groups is 1. The third kappa shape index (κ3) is 7.88. The lowest BCUT2D eigenvalue weighted by molar-refractivity contribution is -0.142. The molecule has 0 spiro atoms. The summed E-state index contributed by atoms with van der Waals surface area (Å²) in [6.07, 6.45) is 2.46. The Hall–Kier alpha value is -2.75. The molecule has 0 unspecified atom stereocenters. The lowest BCUT2D eigenvalue weighted by Gasteiger charge is -2.41. The van der Waals surface area contributed by atoms with Crippen LogP contribution >= 0.6 is 11.8 Å². The van der Waals surface area contributed by atoms with Crippen molar-refractivity contribution >= 4 is 35.6 Å². The van der Waals surface area contributed by atoms with Crippen LogP contribution in [-0.4, -0.2) is 76.7 Å². The topological polar surface area (TPSA) is 125 Å². The number of aliphatic carboxylic acids is 1. The van der Waals surface area contributed by atoms with E-state index in [0.717, 1.165) is 5.56 Å². The summed E-state index contributed by atoms with van der Waals surface area (Å²) in [5.74, 6) is -1.41. The zero-order valence-electron chi connectivity index (χ0n) is 21.1. The highest BCUT2D eigenvalue weighted by Gasteiger charge is 2.45. The van der Waals surface area contributed by atoms with Gasteiger partial charge < -0.3 is 25.4 Å². The average molecular weight is 508 g/mol. The average Bonchev–Trinajstić information content (AvgIpc) is 2.80. The van der Waals surface area contributed by atoms with E-state index in [1.54, 1.807) is 25.7 Å². The van der Waals surface area contributed by atoms with E-state index in [0.29, 0.717) is 31.7 Å². The number of piperidine rings is 1. The Bertz CT molecular complexity index is 894. The summed E-state index contributed by atoms with van der Waals surface area (Å²) in [4.78, 5) is 51.9. The van der Waals surface area contributed by atoms with E-state index in [1.165, 1.54) is 18.7 Å². The summed E-state index contributed by atoms with van der Waals surface area (Å²) in [7, 11) is 0. The molecule has 3 N–H and O–H groups in total. The first-order valence-electron chi connectivity index (χ1n) is 11.8. The van der Waals surface area contributed by atoms with Crippen molar-refractivity contribution in [1.29, 1.82) is 0 Å². The van der Waals surface area contributed by atoms with Gasteiger partial charge in [-0.3, -0.25) is 9.59 Å². The summed E-state index contributed by atoms with van der Waals surface area (Å²) < 4.78 is 5.48. The Morgan fingerprint density at radius 1 is 1.11 bits per heavy atom. The molecular weight excluding hydrogens is 470 g/mol. The van der Waals surface area contributed by atoms with Crippen LogP contribution in [0.3, 0.4) is 0 Å². The number of carboxylic acid groups (broad SMARTS) is 1. The van der Waals surface area contributed by atoms with Gasteiger partial charge in [-0.2, -0.15) is 11.8 Å². The maximum atomic E-state index is 13.6. The largest absolute Gasteiger partial charge is 0.480 e. The van der Waals surface area contributed by atoms with Gasteiger partial charge in [-0.1, -0.05) is 30.3 Å². The first-order valence-corrected chi connectivity index (χ1v) is 13.2. The van der Waals surface area contributed by atoms with Gasteiger partial charge in [0.1, 0.15) is 17.7 Å². The van der Waals surface area contributed by atoms with Crippen LogP contribution < -0.4 is 10.6 Å². The van der Waals surface area contributed by atoms with E-state index in [2.05, 4.69) is 10.6 Å². The lowest BCUT2D eigenvalue weighted by atomic mass is 9.72. The molecule has 1 heterocycles. The molecule has 0 saturated carbocycles. The van der Waals surface area contributed by atoms with E-state index in [4.69, 9.17) is 4.74 Å². The molecule has 9 nitrogen and oxygen atoms in total. The minimum absolute atomic E-state index is 0.289. The highest BCUT2D eigenvalue weighted by Crippen LogP contribution is 2.36. The summed E-state index contributed by atoms with van der Waals surface area (Å²) >= 11 is 1.49. The molecule has 1 fully saturated rings. The predicted octanol–water partition coefficient (Wildman–Crippen LogP) is 2.78. The molecule has 0 bridgehead atoms. The molecule has 1 aliphatic rings. The summed E-state index contributed by atoms with van der Waals surface area (Å²) in [5, 5.41) is 14.7. The number of rotatable bonds is 9. The first kappa shape index (κ1) is 28.5. The van der Waals surface area contributed by atoms with Crippen molar-refractivity contribution in [2.24, 2.45) is 0 Å². The molecule has 10 heteroatoms. The van der Waals surface area contributed by atoms with Crippen molar-refractivity contribution < 1.29 is 29.0 Å². The number of nitrogens with one attached hydrogen (secondary N) is 2. The first-order chi connectivity index (χ1) is 16.4. The van der Waals surface area contributed by atoms with E-state index < -0.39 is 41.1 Å². The fourth-order valence-corrected chi connectivity index (χ4v) is 4.46. The highest BCUT2D eigenvalue weighted by atomic mass is 32.2. The number of carbonyl (C=O) groups is 4. The SMILES string of the molecule is CSCC[C@H](NC(=O)[C@H](C)NC(=O)C1(c2ccccc2)CCN(C(=O)OC(C)(C)C)CC1)C(=O)O. The van der Waals surface area contributed by atoms with E-state index >= 15 is 0 Å². The number of nitrogens with zero attached hydrogens (tertiary/aromatic N) is 1.